The van der Waals surface area contributed by atoms with E-state index in [-0.39, 0.29) is 11.8 Å². The second-order valence-corrected chi connectivity index (χ2v) is 6.96. The second kappa shape index (κ2) is 8.64. The molecule has 27 heavy (non-hydrogen) atoms. The molecule has 0 aliphatic heterocycles. The molecule has 0 saturated heterocycles. The Balaban J connectivity index is 1.81. The first-order valence-electron chi connectivity index (χ1n) is 8.97. The van der Waals surface area contributed by atoms with Gasteiger partial charge in [0.05, 0.1) is 4.88 Å². The van der Waals surface area contributed by atoms with Gasteiger partial charge in [0.25, 0.3) is 11.8 Å². The average molecular weight is 378 g/mol. The van der Waals surface area contributed by atoms with Crippen molar-refractivity contribution in [3.63, 3.8) is 0 Å². The number of thiophene rings is 1. The molecule has 0 saturated carbocycles. The zero-order chi connectivity index (χ0) is 19.2. The summed E-state index contributed by atoms with van der Waals surface area (Å²) in [6.07, 6.45) is 0. The van der Waals surface area contributed by atoms with Crippen LogP contribution in [0.25, 0.3) is 11.1 Å². The van der Waals surface area contributed by atoms with Gasteiger partial charge < -0.3 is 10.2 Å². The molecule has 0 aliphatic carbocycles. The number of nitrogens with one attached hydrogen (secondary N) is 1. The third-order valence-corrected chi connectivity index (χ3v) is 5.29. The smallest absolute Gasteiger partial charge is 0.266 e. The maximum atomic E-state index is 12.8. The highest BCUT2D eigenvalue weighted by Gasteiger charge is 2.16. The number of carbonyl (C=O) groups excluding carboxylic acids is 2. The molecule has 4 nitrogen and oxygen atoms in total. The normalized spacial score (nSPS) is 10.4. The summed E-state index contributed by atoms with van der Waals surface area (Å²) in [4.78, 5) is 27.7. The molecule has 0 spiro atoms. The van der Waals surface area contributed by atoms with E-state index < -0.39 is 0 Å². The van der Waals surface area contributed by atoms with Gasteiger partial charge in [-0.1, -0.05) is 36.4 Å². The van der Waals surface area contributed by atoms with E-state index in [0.717, 1.165) is 11.1 Å². The minimum absolute atomic E-state index is 0.0304. The molecular weight excluding hydrogens is 356 g/mol. The number of amides is 2. The minimum atomic E-state index is -0.170. The zero-order valence-electron chi connectivity index (χ0n) is 15.4. The fraction of sp³-hybridized carbons (Fsp3) is 0.182. The predicted molar refractivity (Wildman–Crippen MR) is 111 cm³/mol. The van der Waals surface area contributed by atoms with E-state index in [4.69, 9.17) is 0 Å². The van der Waals surface area contributed by atoms with Crippen LogP contribution in [0.2, 0.25) is 0 Å². The van der Waals surface area contributed by atoms with Crippen molar-refractivity contribution in [2.75, 3.05) is 18.4 Å². The molecule has 138 valence electrons. The summed E-state index contributed by atoms with van der Waals surface area (Å²) in [5, 5.41) is 4.84. The molecule has 1 heterocycles. The first-order valence-corrected chi connectivity index (χ1v) is 9.85. The zero-order valence-corrected chi connectivity index (χ0v) is 16.3. The largest absolute Gasteiger partial charge is 0.339 e. The summed E-state index contributed by atoms with van der Waals surface area (Å²) in [7, 11) is 0. The van der Waals surface area contributed by atoms with Gasteiger partial charge in [-0.15, -0.1) is 11.3 Å². The highest BCUT2D eigenvalue weighted by atomic mass is 32.1. The maximum absolute atomic E-state index is 12.8. The monoisotopic (exact) mass is 378 g/mol. The Morgan fingerprint density at radius 3 is 2.41 bits per heavy atom. The standard InChI is InChI=1S/C22H22N2O2S/c1-3-24(4-2)22(26)17-11-8-12-18(15-17)23-21(25)20-19(13-14-27-20)16-9-6-5-7-10-16/h5-15H,3-4H2,1-2H3,(H,23,25). The summed E-state index contributed by atoms with van der Waals surface area (Å²) in [6, 6.07) is 18.9. The van der Waals surface area contributed by atoms with E-state index >= 15 is 0 Å². The summed E-state index contributed by atoms with van der Waals surface area (Å²) < 4.78 is 0. The fourth-order valence-electron chi connectivity index (χ4n) is 2.94. The minimum Gasteiger partial charge on any atom is -0.339 e. The van der Waals surface area contributed by atoms with Gasteiger partial charge >= 0.3 is 0 Å². The van der Waals surface area contributed by atoms with Gasteiger partial charge in [-0.2, -0.15) is 0 Å². The van der Waals surface area contributed by atoms with E-state index in [9.17, 15) is 9.59 Å². The lowest BCUT2D eigenvalue weighted by Crippen LogP contribution is -2.30. The molecule has 1 N–H and O–H groups in total. The van der Waals surface area contributed by atoms with Crippen molar-refractivity contribution in [3.05, 3.63) is 76.5 Å². The van der Waals surface area contributed by atoms with Gasteiger partial charge in [0, 0.05) is 29.9 Å². The molecule has 3 rings (SSSR count). The predicted octanol–water partition coefficient (Wildman–Crippen LogP) is 5.15. The van der Waals surface area contributed by atoms with Crippen LogP contribution in [0.4, 0.5) is 5.69 Å². The second-order valence-electron chi connectivity index (χ2n) is 6.04. The van der Waals surface area contributed by atoms with Crippen LogP contribution in [0.5, 0.6) is 0 Å². The van der Waals surface area contributed by atoms with Crippen molar-refractivity contribution in [3.8, 4) is 11.1 Å². The van der Waals surface area contributed by atoms with Crippen LogP contribution < -0.4 is 5.32 Å². The van der Waals surface area contributed by atoms with Crippen molar-refractivity contribution < 1.29 is 9.59 Å². The Kier molecular flexibility index (Phi) is 6.04. The van der Waals surface area contributed by atoms with Crippen LogP contribution >= 0.6 is 11.3 Å². The van der Waals surface area contributed by atoms with Gasteiger partial charge in [-0.3, -0.25) is 9.59 Å². The lowest BCUT2D eigenvalue weighted by Gasteiger charge is -2.19. The Bertz CT molecular complexity index is 930. The Morgan fingerprint density at radius 2 is 1.70 bits per heavy atom. The summed E-state index contributed by atoms with van der Waals surface area (Å²) in [6.45, 7) is 5.22. The number of hydrogen-bond acceptors (Lipinski definition) is 3. The molecule has 0 atom stereocenters. The van der Waals surface area contributed by atoms with Crippen LogP contribution in [-0.4, -0.2) is 29.8 Å². The lowest BCUT2D eigenvalue weighted by atomic mass is 10.1. The first kappa shape index (κ1) is 18.9. The van der Waals surface area contributed by atoms with Gasteiger partial charge in [-0.05, 0) is 49.1 Å². The van der Waals surface area contributed by atoms with E-state index in [0.29, 0.717) is 29.2 Å². The van der Waals surface area contributed by atoms with Crippen molar-refractivity contribution >= 4 is 28.8 Å². The van der Waals surface area contributed by atoms with Gasteiger partial charge in [0.1, 0.15) is 0 Å². The summed E-state index contributed by atoms with van der Waals surface area (Å²) in [5.74, 6) is -0.200. The quantitative estimate of drug-likeness (QED) is 0.645. The molecule has 0 aliphatic rings. The van der Waals surface area contributed by atoms with Gasteiger partial charge in [-0.25, -0.2) is 0 Å². The van der Waals surface area contributed by atoms with E-state index in [1.54, 1.807) is 29.2 Å². The Labute approximate surface area is 163 Å². The van der Waals surface area contributed by atoms with Crippen LogP contribution in [0, 0.1) is 0 Å². The molecule has 0 radical (unpaired) electrons. The van der Waals surface area contributed by atoms with Crippen molar-refractivity contribution in [2.24, 2.45) is 0 Å². The fourth-order valence-corrected chi connectivity index (χ4v) is 3.75. The molecule has 2 amide bonds. The molecule has 0 bridgehead atoms. The van der Waals surface area contributed by atoms with Crippen molar-refractivity contribution in [1.29, 1.82) is 0 Å². The molecule has 0 unspecified atom stereocenters. The molecule has 2 aromatic carbocycles. The van der Waals surface area contributed by atoms with Crippen LogP contribution in [-0.2, 0) is 0 Å². The van der Waals surface area contributed by atoms with Crippen molar-refractivity contribution in [2.45, 2.75) is 13.8 Å². The Morgan fingerprint density at radius 1 is 0.963 bits per heavy atom. The molecule has 5 heteroatoms. The van der Waals surface area contributed by atoms with Crippen LogP contribution in [0.15, 0.2) is 66.0 Å². The van der Waals surface area contributed by atoms with Gasteiger partial charge in [0.2, 0.25) is 0 Å². The van der Waals surface area contributed by atoms with Gasteiger partial charge in [0.15, 0.2) is 0 Å². The molecular formula is C22H22N2O2S. The summed E-state index contributed by atoms with van der Waals surface area (Å²) >= 11 is 1.41. The highest BCUT2D eigenvalue weighted by Crippen LogP contribution is 2.29. The molecule has 0 fully saturated rings. The topological polar surface area (TPSA) is 49.4 Å². The molecule has 1 aromatic heterocycles. The average Bonchev–Trinajstić information content (AvgIpc) is 3.20. The van der Waals surface area contributed by atoms with Crippen LogP contribution in [0.3, 0.4) is 0 Å². The van der Waals surface area contributed by atoms with E-state index in [1.807, 2.05) is 55.6 Å². The number of anilines is 1. The number of nitrogens with zero attached hydrogens (tertiary/aromatic N) is 1. The highest BCUT2D eigenvalue weighted by molar-refractivity contribution is 7.12. The third kappa shape index (κ3) is 4.26. The number of carbonyl (C=O) groups is 2. The number of rotatable bonds is 6. The van der Waals surface area contributed by atoms with Crippen LogP contribution in [0.1, 0.15) is 33.9 Å². The maximum Gasteiger partial charge on any atom is 0.266 e. The SMILES string of the molecule is CCN(CC)C(=O)c1cccc(NC(=O)c2sccc2-c2ccccc2)c1. The Hall–Kier alpha value is -2.92. The van der Waals surface area contributed by atoms with E-state index in [1.165, 1.54) is 11.3 Å². The number of benzene rings is 2. The van der Waals surface area contributed by atoms with E-state index in [2.05, 4.69) is 5.32 Å². The third-order valence-electron chi connectivity index (χ3n) is 4.37. The number of hydrogen-bond donors (Lipinski definition) is 1. The van der Waals surface area contributed by atoms with Crippen molar-refractivity contribution in [1.82, 2.24) is 4.90 Å². The summed E-state index contributed by atoms with van der Waals surface area (Å²) in [5.41, 5.74) is 3.11. The first-order chi connectivity index (χ1) is 13.1. The molecule has 3 aromatic rings. The lowest BCUT2D eigenvalue weighted by molar-refractivity contribution is 0.0772.